The van der Waals surface area contributed by atoms with Crippen molar-refractivity contribution in [3.05, 3.63) is 0 Å². The average molecular weight is 304 g/mol. The summed E-state index contributed by atoms with van der Waals surface area (Å²) in [5.41, 5.74) is 0. The fourth-order valence-corrected chi connectivity index (χ4v) is 2.32. The van der Waals surface area contributed by atoms with Gasteiger partial charge in [0.25, 0.3) is 0 Å². The lowest BCUT2D eigenvalue weighted by Gasteiger charge is -2.12. The molecule has 0 aromatic heterocycles. The lowest BCUT2D eigenvalue weighted by atomic mass is 9.95. The molecule has 124 valence electrons. The normalized spacial score (nSPS) is 12.0. The van der Waals surface area contributed by atoms with Crippen molar-refractivity contribution in [3.63, 3.8) is 0 Å². The lowest BCUT2D eigenvalue weighted by Crippen LogP contribution is -2.18. The van der Waals surface area contributed by atoms with Gasteiger partial charge in [-0.25, -0.2) is 9.59 Å². The highest BCUT2D eigenvalue weighted by Crippen LogP contribution is 2.18. The number of carbonyl (C=O) groups is 2. The van der Waals surface area contributed by atoms with Gasteiger partial charge in [-0.1, -0.05) is 58.3 Å². The molecule has 21 heavy (non-hydrogen) atoms. The van der Waals surface area contributed by atoms with Crippen LogP contribution in [0, 0.1) is 5.92 Å². The summed E-state index contributed by atoms with van der Waals surface area (Å²) in [6.45, 7) is 2.19. The molecule has 0 radical (unpaired) electrons. The first-order chi connectivity index (χ1) is 10.2. The van der Waals surface area contributed by atoms with Crippen LogP contribution in [-0.4, -0.2) is 22.5 Å². The predicted molar refractivity (Wildman–Crippen MR) is 77.4 cm³/mol. The molecule has 0 rings (SSSR count). The van der Waals surface area contributed by atoms with Gasteiger partial charge in [0.2, 0.25) is 0 Å². The summed E-state index contributed by atoms with van der Waals surface area (Å²) in [5.74, 6) is -2.06. The number of rotatable bonds is 13. The van der Waals surface area contributed by atoms with E-state index in [1.165, 1.54) is 32.1 Å². The van der Waals surface area contributed by atoms with E-state index in [0.717, 1.165) is 19.3 Å². The second kappa shape index (κ2) is 13.8. The second-order valence-corrected chi connectivity index (χ2v) is 5.37. The minimum absolute atomic E-state index is 0.0761. The van der Waals surface area contributed by atoms with E-state index < -0.39 is 17.9 Å². The topological polar surface area (TPSA) is 93.1 Å². The molecule has 0 bridgehead atoms. The van der Waals surface area contributed by atoms with Gasteiger partial charge in [-0.3, -0.25) is 0 Å². The van der Waals surface area contributed by atoms with E-state index in [0.29, 0.717) is 6.42 Å². The maximum absolute atomic E-state index is 11.4. The van der Waals surface area contributed by atoms with Crippen molar-refractivity contribution < 1.29 is 29.9 Å². The molecule has 0 aliphatic rings. The van der Waals surface area contributed by atoms with Crippen LogP contribution < -0.4 is 0 Å². The molecule has 0 spiro atoms. The summed E-state index contributed by atoms with van der Waals surface area (Å²) in [4.78, 5) is 29.5. The summed E-state index contributed by atoms with van der Waals surface area (Å²) in [7, 11) is 0. The zero-order valence-corrected chi connectivity index (χ0v) is 12.9. The molecular formula is C15H28O6. The van der Waals surface area contributed by atoms with E-state index >= 15 is 0 Å². The SMILES string of the molecule is CCCCCCCCCCC(CCC(=O)OO)C(=O)OO. The third-order valence-corrected chi connectivity index (χ3v) is 3.63. The average Bonchev–Trinajstić information content (AvgIpc) is 2.51. The fourth-order valence-electron chi connectivity index (χ4n) is 2.32. The zero-order chi connectivity index (χ0) is 15.9. The van der Waals surface area contributed by atoms with Gasteiger partial charge in [0.05, 0.1) is 5.92 Å². The highest BCUT2D eigenvalue weighted by molar-refractivity contribution is 5.73. The summed E-state index contributed by atoms with van der Waals surface area (Å²) < 4.78 is 0. The second-order valence-electron chi connectivity index (χ2n) is 5.37. The molecule has 1 atom stereocenters. The Bertz CT molecular complexity index is 279. The highest BCUT2D eigenvalue weighted by Gasteiger charge is 2.21. The minimum atomic E-state index is -0.790. The fraction of sp³-hybridized carbons (Fsp3) is 0.867. The third-order valence-electron chi connectivity index (χ3n) is 3.63. The highest BCUT2D eigenvalue weighted by atomic mass is 17.1. The predicted octanol–water partition coefficient (Wildman–Crippen LogP) is 3.95. The molecule has 0 saturated carbocycles. The van der Waals surface area contributed by atoms with Crippen molar-refractivity contribution in [3.8, 4) is 0 Å². The molecule has 0 aliphatic heterocycles. The third kappa shape index (κ3) is 11.2. The number of carbonyl (C=O) groups excluding carboxylic acids is 2. The van der Waals surface area contributed by atoms with Crippen molar-refractivity contribution in [2.45, 2.75) is 77.6 Å². The molecule has 6 nitrogen and oxygen atoms in total. The molecule has 0 saturated heterocycles. The van der Waals surface area contributed by atoms with E-state index in [1.54, 1.807) is 0 Å². The molecule has 0 fully saturated rings. The molecule has 0 aromatic rings. The van der Waals surface area contributed by atoms with Crippen molar-refractivity contribution in [1.82, 2.24) is 0 Å². The molecular weight excluding hydrogens is 276 g/mol. The molecule has 1 unspecified atom stereocenters. The lowest BCUT2D eigenvalue weighted by molar-refractivity contribution is -0.241. The Balaban J connectivity index is 3.76. The van der Waals surface area contributed by atoms with Gasteiger partial charge in [0.15, 0.2) is 0 Å². The summed E-state index contributed by atoms with van der Waals surface area (Å²) in [6.07, 6.45) is 9.93. The van der Waals surface area contributed by atoms with Crippen LogP contribution in [0.25, 0.3) is 0 Å². The Hall–Kier alpha value is -1.14. The van der Waals surface area contributed by atoms with Crippen molar-refractivity contribution in [2.24, 2.45) is 5.92 Å². The van der Waals surface area contributed by atoms with Crippen LogP contribution in [0.15, 0.2) is 0 Å². The Kier molecular flexibility index (Phi) is 13.1. The van der Waals surface area contributed by atoms with Crippen molar-refractivity contribution >= 4 is 11.9 Å². The monoisotopic (exact) mass is 304 g/mol. The Labute approximate surface area is 126 Å². The van der Waals surface area contributed by atoms with Gasteiger partial charge in [-0.05, 0) is 12.8 Å². The van der Waals surface area contributed by atoms with Crippen molar-refractivity contribution in [1.29, 1.82) is 0 Å². The standard InChI is InChI=1S/C15H28O6/c1-2-3-4-5-6-7-8-9-10-13(15(17)21-19)11-12-14(16)20-18/h13,18-19H,2-12H2,1H3. The minimum Gasteiger partial charge on any atom is -0.301 e. The smallest absolute Gasteiger partial charge is 0.301 e. The van der Waals surface area contributed by atoms with E-state index in [-0.39, 0.29) is 12.8 Å². The summed E-state index contributed by atoms with van der Waals surface area (Å²) >= 11 is 0. The van der Waals surface area contributed by atoms with E-state index in [1.807, 2.05) is 0 Å². The van der Waals surface area contributed by atoms with Crippen LogP contribution in [0.4, 0.5) is 0 Å². The van der Waals surface area contributed by atoms with Crippen LogP contribution in [-0.2, 0) is 19.4 Å². The van der Waals surface area contributed by atoms with Gasteiger partial charge in [0, 0.05) is 6.42 Å². The van der Waals surface area contributed by atoms with Crippen LogP contribution in [0.5, 0.6) is 0 Å². The first kappa shape index (κ1) is 19.9. The van der Waals surface area contributed by atoms with Gasteiger partial charge < -0.3 is 9.78 Å². The maximum Gasteiger partial charge on any atom is 0.345 e. The Morgan fingerprint density at radius 2 is 1.43 bits per heavy atom. The molecule has 2 N–H and O–H groups in total. The molecule has 0 amide bonds. The van der Waals surface area contributed by atoms with Crippen molar-refractivity contribution in [2.75, 3.05) is 0 Å². The first-order valence-corrected chi connectivity index (χ1v) is 7.85. The molecule has 0 aromatic carbocycles. The van der Waals surface area contributed by atoms with Crippen LogP contribution in [0.3, 0.4) is 0 Å². The molecule has 0 heterocycles. The van der Waals surface area contributed by atoms with E-state index in [2.05, 4.69) is 16.7 Å². The number of hydrogen-bond acceptors (Lipinski definition) is 6. The van der Waals surface area contributed by atoms with Crippen LogP contribution >= 0.6 is 0 Å². The quantitative estimate of drug-likeness (QED) is 0.304. The number of unbranched alkanes of at least 4 members (excludes halogenated alkanes) is 7. The van der Waals surface area contributed by atoms with E-state index in [4.69, 9.17) is 10.5 Å². The van der Waals surface area contributed by atoms with Crippen LogP contribution in [0.2, 0.25) is 0 Å². The Morgan fingerprint density at radius 1 is 0.857 bits per heavy atom. The number of hydrogen-bond donors (Lipinski definition) is 2. The molecule has 6 heteroatoms. The van der Waals surface area contributed by atoms with Crippen LogP contribution in [0.1, 0.15) is 77.6 Å². The largest absolute Gasteiger partial charge is 0.345 e. The van der Waals surface area contributed by atoms with Gasteiger partial charge in [-0.15, -0.1) is 0 Å². The first-order valence-electron chi connectivity index (χ1n) is 7.85. The molecule has 0 aliphatic carbocycles. The zero-order valence-electron chi connectivity index (χ0n) is 12.9. The van der Waals surface area contributed by atoms with E-state index in [9.17, 15) is 9.59 Å². The summed E-state index contributed by atoms with van der Waals surface area (Å²) in [6, 6.07) is 0. The Morgan fingerprint density at radius 3 is 1.95 bits per heavy atom. The summed E-state index contributed by atoms with van der Waals surface area (Å²) in [5, 5.41) is 16.6. The van der Waals surface area contributed by atoms with Gasteiger partial charge >= 0.3 is 11.9 Å². The maximum atomic E-state index is 11.4. The van der Waals surface area contributed by atoms with Gasteiger partial charge in [-0.2, -0.15) is 10.5 Å². The van der Waals surface area contributed by atoms with Gasteiger partial charge in [0.1, 0.15) is 0 Å².